The van der Waals surface area contributed by atoms with Crippen LogP contribution in [-0.2, 0) is 10.3 Å². The monoisotopic (exact) mass is 272 g/mol. The summed E-state index contributed by atoms with van der Waals surface area (Å²) in [5.74, 6) is -0.218. The number of hydrogen-bond acceptors (Lipinski definition) is 4. The van der Waals surface area contributed by atoms with Crippen LogP contribution < -0.4 is 5.32 Å². The third-order valence-electron chi connectivity index (χ3n) is 3.67. The summed E-state index contributed by atoms with van der Waals surface area (Å²) in [5.41, 5.74) is 1.00. The summed E-state index contributed by atoms with van der Waals surface area (Å²) in [6.45, 7) is 1.27. The fraction of sp³-hybridized carbons (Fsp3) is 0.357. The van der Waals surface area contributed by atoms with Crippen molar-refractivity contribution in [1.82, 2.24) is 20.7 Å². The number of nitrogens with one attached hydrogen (secondary N) is 2. The molecule has 0 atom stereocenters. The molecule has 3 rings (SSSR count). The standard InChI is InChI=1S/C14H16N4O2/c19-13(12-10-15-18-17-12)16-14(6-8-20-9-7-14)11-4-2-1-3-5-11/h1-5,10H,6-9H2,(H,16,19)(H,15,17,18). The van der Waals surface area contributed by atoms with E-state index in [9.17, 15) is 4.79 Å². The minimum absolute atomic E-state index is 0.218. The van der Waals surface area contributed by atoms with Crippen LogP contribution in [0.1, 0.15) is 28.9 Å². The SMILES string of the molecule is O=C(NC1(c2ccccc2)CCOCC1)c1cn[nH]n1. The molecule has 1 fully saturated rings. The molecule has 104 valence electrons. The maximum Gasteiger partial charge on any atom is 0.274 e. The van der Waals surface area contributed by atoms with Crippen LogP contribution >= 0.6 is 0 Å². The summed E-state index contributed by atoms with van der Waals surface area (Å²) in [7, 11) is 0. The topological polar surface area (TPSA) is 79.9 Å². The number of hydrogen-bond donors (Lipinski definition) is 2. The second-order valence-corrected chi connectivity index (χ2v) is 4.87. The first-order chi connectivity index (χ1) is 9.80. The van der Waals surface area contributed by atoms with E-state index in [2.05, 4.69) is 20.7 Å². The Hall–Kier alpha value is -2.21. The third-order valence-corrected chi connectivity index (χ3v) is 3.67. The molecule has 1 aromatic heterocycles. The highest BCUT2D eigenvalue weighted by molar-refractivity contribution is 5.92. The predicted octanol–water partition coefficient (Wildman–Crippen LogP) is 1.24. The quantitative estimate of drug-likeness (QED) is 0.881. The molecule has 2 aromatic rings. The number of benzene rings is 1. The van der Waals surface area contributed by atoms with Gasteiger partial charge in [0.15, 0.2) is 5.69 Å². The van der Waals surface area contributed by atoms with E-state index >= 15 is 0 Å². The summed E-state index contributed by atoms with van der Waals surface area (Å²) in [5, 5.41) is 13.1. The molecule has 1 aliphatic rings. The molecule has 0 aliphatic carbocycles. The minimum atomic E-state index is -0.393. The van der Waals surface area contributed by atoms with Crippen LogP contribution in [0.3, 0.4) is 0 Å². The molecule has 0 bridgehead atoms. The number of carbonyl (C=O) groups is 1. The van der Waals surface area contributed by atoms with Gasteiger partial charge in [0.2, 0.25) is 0 Å². The van der Waals surface area contributed by atoms with E-state index in [0.29, 0.717) is 18.9 Å². The molecule has 0 radical (unpaired) electrons. The number of amides is 1. The van der Waals surface area contributed by atoms with E-state index in [1.54, 1.807) is 0 Å². The lowest BCUT2D eigenvalue weighted by molar-refractivity contribution is 0.0344. The van der Waals surface area contributed by atoms with E-state index in [1.165, 1.54) is 6.20 Å². The fourth-order valence-electron chi connectivity index (χ4n) is 2.56. The summed E-state index contributed by atoms with van der Waals surface area (Å²) in [6.07, 6.45) is 2.93. The highest BCUT2D eigenvalue weighted by Crippen LogP contribution is 2.32. The number of carbonyl (C=O) groups excluding carboxylic acids is 1. The Bertz CT molecular complexity index is 562. The third kappa shape index (κ3) is 2.42. The smallest absolute Gasteiger partial charge is 0.274 e. The molecule has 2 heterocycles. The molecule has 6 heteroatoms. The molecule has 20 heavy (non-hydrogen) atoms. The Labute approximate surface area is 116 Å². The number of nitrogens with zero attached hydrogens (tertiary/aromatic N) is 2. The molecule has 2 N–H and O–H groups in total. The molecule has 1 amide bonds. The van der Waals surface area contributed by atoms with Gasteiger partial charge < -0.3 is 10.1 Å². The van der Waals surface area contributed by atoms with Crippen LogP contribution in [0.25, 0.3) is 0 Å². The Morgan fingerprint density at radius 2 is 2.00 bits per heavy atom. The first kappa shape index (κ1) is 12.8. The Balaban J connectivity index is 1.88. The lowest BCUT2D eigenvalue weighted by Gasteiger charge is -2.38. The summed E-state index contributed by atoms with van der Waals surface area (Å²) < 4.78 is 5.43. The van der Waals surface area contributed by atoms with E-state index in [-0.39, 0.29) is 5.91 Å². The van der Waals surface area contributed by atoms with E-state index in [4.69, 9.17) is 4.74 Å². The van der Waals surface area contributed by atoms with E-state index < -0.39 is 5.54 Å². The first-order valence-electron chi connectivity index (χ1n) is 6.62. The van der Waals surface area contributed by atoms with Gasteiger partial charge in [0.05, 0.1) is 11.7 Å². The molecule has 6 nitrogen and oxygen atoms in total. The van der Waals surface area contributed by atoms with Crippen LogP contribution in [0.5, 0.6) is 0 Å². The highest BCUT2D eigenvalue weighted by Gasteiger charge is 2.36. The van der Waals surface area contributed by atoms with E-state index in [1.807, 2.05) is 30.3 Å². The number of ether oxygens (including phenoxy) is 1. The predicted molar refractivity (Wildman–Crippen MR) is 72.0 cm³/mol. The van der Waals surface area contributed by atoms with Gasteiger partial charge in [0.1, 0.15) is 0 Å². The van der Waals surface area contributed by atoms with Crippen molar-refractivity contribution < 1.29 is 9.53 Å². The van der Waals surface area contributed by atoms with Crippen LogP contribution in [-0.4, -0.2) is 34.5 Å². The van der Waals surface area contributed by atoms with Gasteiger partial charge in [0.25, 0.3) is 5.91 Å². The van der Waals surface area contributed by atoms with E-state index in [0.717, 1.165) is 18.4 Å². The fourth-order valence-corrected chi connectivity index (χ4v) is 2.56. The Kier molecular flexibility index (Phi) is 3.47. The van der Waals surface area contributed by atoms with Gasteiger partial charge in [-0.1, -0.05) is 30.3 Å². The van der Waals surface area contributed by atoms with Crippen LogP contribution in [0, 0.1) is 0 Å². The van der Waals surface area contributed by atoms with Crippen molar-refractivity contribution in [2.24, 2.45) is 0 Å². The zero-order chi connectivity index (χ0) is 13.8. The maximum absolute atomic E-state index is 12.3. The second-order valence-electron chi connectivity index (χ2n) is 4.87. The highest BCUT2D eigenvalue weighted by atomic mass is 16.5. The van der Waals surface area contributed by atoms with Gasteiger partial charge in [-0.3, -0.25) is 4.79 Å². The van der Waals surface area contributed by atoms with Gasteiger partial charge in [-0.2, -0.15) is 15.4 Å². The van der Waals surface area contributed by atoms with Gasteiger partial charge in [-0.25, -0.2) is 0 Å². The lowest BCUT2D eigenvalue weighted by atomic mass is 9.82. The Morgan fingerprint density at radius 1 is 1.25 bits per heavy atom. The van der Waals surface area contributed by atoms with Crippen molar-refractivity contribution in [3.8, 4) is 0 Å². The van der Waals surface area contributed by atoms with Gasteiger partial charge in [-0.15, -0.1) is 0 Å². The number of H-pyrrole nitrogens is 1. The molecule has 1 saturated heterocycles. The van der Waals surface area contributed by atoms with Crippen LogP contribution in [0.2, 0.25) is 0 Å². The zero-order valence-corrected chi connectivity index (χ0v) is 11.0. The average Bonchev–Trinajstić information content (AvgIpc) is 3.03. The van der Waals surface area contributed by atoms with Gasteiger partial charge in [0, 0.05) is 13.2 Å². The molecule has 0 unspecified atom stereocenters. The van der Waals surface area contributed by atoms with Crippen molar-refractivity contribution >= 4 is 5.91 Å². The van der Waals surface area contributed by atoms with Crippen molar-refractivity contribution in [1.29, 1.82) is 0 Å². The molecule has 1 aromatic carbocycles. The molecule has 0 saturated carbocycles. The van der Waals surface area contributed by atoms with Crippen LogP contribution in [0.15, 0.2) is 36.5 Å². The minimum Gasteiger partial charge on any atom is -0.381 e. The van der Waals surface area contributed by atoms with Gasteiger partial charge in [-0.05, 0) is 18.4 Å². The van der Waals surface area contributed by atoms with Crippen molar-refractivity contribution in [2.75, 3.05) is 13.2 Å². The second kappa shape index (κ2) is 5.42. The normalized spacial score (nSPS) is 17.6. The summed E-state index contributed by atoms with van der Waals surface area (Å²) in [6, 6.07) is 10.0. The number of aromatic amines is 1. The summed E-state index contributed by atoms with van der Waals surface area (Å²) in [4.78, 5) is 12.3. The Morgan fingerprint density at radius 3 is 2.65 bits per heavy atom. The van der Waals surface area contributed by atoms with Crippen molar-refractivity contribution in [2.45, 2.75) is 18.4 Å². The lowest BCUT2D eigenvalue weighted by Crippen LogP contribution is -2.49. The van der Waals surface area contributed by atoms with Gasteiger partial charge >= 0.3 is 0 Å². The van der Waals surface area contributed by atoms with Crippen LogP contribution in [0.4, 0.5) is 0 Å². The molecule has 0 spiro atoms. The summed E-state index contributed by atoms with van der Waals surface area (Å²) >= 11 is 0. The molecular weight excluding hydrogens is 256 g/mol. The zero-order valence-electron chi connectivity index (χ0n) is 11.0. The molecular formula is C14H16N4O2. The first-order valence-corrected chi connectivity index (χ1v) is 6.62. The number of rotatable bonds is 3. The van der Waals surface area contributed by atoms with Crippen molar-refractivity contribution in [3.63, 3.8) is 0 Å². The molecule has 1 aliphatic heterocycles. The van der Waals surface area contributed by atoms with Crippen molar-refractivity contribution in [3.05, 3.63) is 47.8 Å². The average molecular weight is 272 g/mol. The maximum atomic E-state index is 12.3. The largest absolute Gasteiger partial charge is 0.381 e. The number of aromatic nitrogens is 3.